The number of hydrogen-bond acceptors (Lipinski definition) is 4. The Bertz CT molecular complexity index is 435. The lowest BCUT2D eigenvalue weighted by atomic mass is 10.1. The lowest BCUT2D eigenvalue weighted by Crippen LogP contribution is -2.15. The molecule has 2 heterocycles. The molecule has 0 bridgehead atoms. The van der Waals surface area contributed by atoms with Gasteiger partial charge in [-0.3, -0.25) is 0 Å². The average Bonchev–Trinajstić information content (AvgIpc) is 2.60. The normalized spacial score (nSPS) is 24.6. The number of aromatic carboxylic acids is 1. The zero-order valence-electron chi connectivity index (χ0n) is 9.14. The Morgan fingerprint density at radius 1 is 1.62 bits per heavy atom. The highest BCUT2D eigenvalue weighted by atomic mass is 16.5. The monoisotopic (exact) mass is 223 g/mol. The van der Waals surface area contributed by atoms with Crippen LogP contribution in [-0.4, -0.2) is 22.3 Å². The predicted octanol–water partition coefficient (Wildman–Crippen LogP) is 2.09. The van der Waals surface area contributed by atoms with Crippen LogP contribution in [0.2, 0.25) is 0 Å². The molecule has 0 saturated carbocycles. The van der Waals surface area contributed by atoms with Crippen LogP contribution in [-0.2, 0) is 4.74 Å². The summed E-state index contributed by atoms with van der Waals surface area (Å²) in [5.41, 5.74) is 0.501. The maximum atomic E-state index is 10.8. The molecule has 2 atom stereocenters. The summed E-state index contributed by atoms with van der Waals surface area (Å²) in [5, 5.41) is 12.4. The van der Waals surface area contributed by atoms with Crippen molar-refractivity contribution in [1.29, 1.82) is 0 Å². The van der Waals surface area contributed by atoms with Gasteiger partial charge in [0.15, 0.2) is 11.5 Å². The number of carboxylic acids is 1. The van der Waals surface area contributed by atoms with Gasteiger partial charge >= 0.3 is 5.97 Å². The lowest BCUT2D eigenvalue weighted by Gasteiger charge is -2.21. The molecule has 5 nitrogen and oxygen atoms in total. The summed E-state index contributed by atoms with van der Waals surface area (Å²) in [7, 11) is 0. The highest BCUT2D eigenvalue weighted by Gasteiger charge is 2.26. The van der Waals surface area contributed by atoms with Crippen LogP contribution in [0.3, 0.4) is 0 Å². The number of carbonyl (C=O) groups is 1. The van der Waals surface area contributed by atoms with Gasteiger partial charge in [-0.25, -0.2) is 4.79 Å². The van der Waals surface area contributed by atoms with Gasteiger partial charge in [-0.1, -0.05) is 17.3 Å². The van der Waals surface area contributed by atoms with E-state index in [1.165, 1.54) is 0 Å². The van der Waals surface area contributed by atoms with Crippen LogP contribution in [0.15, 0.2) is 16.7 Å². The standard InChI is InChI=1S/C11H13NO4/c1-6-4-3-5-8(15-6)10-7(2)9(11(13)14)12-16-10/h3-4,6,8H,5H2,1-2H3,(H,13,14)/t6-,8+/m0/s1. The molecule has 1 aliphatic heterocycles. The topological polar surface area (TPSA) is 72.6 Å². The fourth-order valence-corrected chi connectivity index (χ4v) is 1.77. The molecule has 1 aromatic heterocycles. The first-order chi connectivity index (χ1) is 7.59. The number of carboxylic acid groups (broad SMARTS) is 1. The van der Waals surface area contributed by atoms with Crippen LogP contribution in [0.4, 0.5) is 0 Å². The Labute approximate surface area is 92.7 Å². The molecule has 0 spiro atoms. The van der Waals surface area contributed by atoms with E-state index in [9.17, 15) is 4.79 Å². The Morgan fingerprint density at radius 3 is 2.94 bits per heavy atom. The van der Waals surface area contributed by atoms with E-state index >= 15 is 0 Å². The maximum absolute atomic E-state index is 10.8. The zero-order chi connectivity index (χ0) is 11.7. The molecule has 86 valence electrons. The third-order valence-corrected chi connectivity index (χ3v) is 2.59. The van der Waals surface area contributed by atoms with Crippen molar-refractivity contribution in [1.82, 2.24) is 5.16 Å². The molecule has 1 aliphatic rings. The minimum Gasteiger partial charge on any atom is -0.476 e. The summed E-state index contributed by atoms with van der Waals surface area (Å²) in [6, 6.07) is 0. The van der Waals surface area contributed by atoms with E-state index in [-0.39, 0.29) is 17.9 Å². The molecule has 0 fully saturated rings. The van der Waals surface area contributed by atoms with Crippen molar-refractivity contribution in [3.05, 3.63) is 29.2 Å². The fraction of sp³-hybridized carbons (Fsp3) is 0.455. The first kappa shape index (κ1) is 10.9. The Morgan fingerprint density at radius 2 is 2.38 bits per heavy atom. The first-order valence-electron chi connectivity index (χ1n) is 5.11. The maximum Gasteiger partial charge on any atom is 0.358 e. The van der Waals surface area contributed by atoms with Crippen LogP contribution < -0.4 is 0 Å². The number of nitrogens with zero attached hydrogens (tertiary/aromatic N) is 1. The van der Waals surface area contributed by atoms with Gasteiger partial charge in [0.25, 0.3) is 0 Å². The number of aromatic nitrogens is 1. The van der Waals surface area contributed by atoms with Gasteiger partial charge in [0.2, 0.25) is 0 Å². The van der Waals surface area contributed by atoms with Crippen molar-refractivity contribution in [2.75, 3.05) is 0 Å². The van der Waals surface area contributed by atoms with E-state index in [0.717, 1.165) is 0 Å². The molecular formula is C11H13NO4. The molecule has 2 rings (SSSR count). The van der Waals surface area contributed by atoms with E-state index in [2.05, 4.69) is 5.16 Å². The average molecular weight is 223 g/mol. The molecule has 5 heteroatoms. The van der Waals surface area contributed by atoms with Crippen molar-refractivity contribution in [2.45, 2.75) is 32.5 Å². The smallest absolute Gasteiger partial charge is 0.358 e. The molecule has 0 aliphatic carbocycles. The number of ether oxygens (including phenoxy) is 1. The summed E-state index contributed by atoms with van der Waals surface area (Å²) in [5.74, 6) is -0.569. The summed E-state index contributed by atoms with van der Waals surface area (Å²) < 4.78 is 10.7. The molecule has 0 amide bonds. The van der Waals surface area contributed by atoms with Crippen LogP contribution in [0.5, 0.6) is 0 Å². The summed E-state index contributed by atoms with van der Waals surface area (Å²) >= 11 is 0. The molecule has 0 radical (unpaired) electrons. The quantitative estimate of drug-likeness (QED) is 0.777. The van der Waals surface area contributed by atoms with E-state index < -0.39 is 5.97 Å². The van der Waals surface area contributed by atoms with E-state index in [4.69, 9.17) is 14.4 Å². The minimum atomic E-state index is -1.08. The lowest BCUT2D eigenvalue weighted by molar-refractivity contribution is -0.00160. The largest absolute Gasteiger partial charge is 0.476 e. The zero-order valence-corrected chi connectivity index (χ0v) is 9.14. The van der Waals surface area contributed by atoms with E-state index in [1.54, 1.807) is 6.92 Å². The van der Waals surface area contributed by atoms with Crippen molar-refractivity contribution in [3.8, 4) is 0 Å². The van der Waals surface area contributed by atoms with Crippen LogP contribution in [0.1, 0.15) is 41.3 Å². The predicted molar refractivity (Wildman–Crippen MR) is 55.2 cm³/mol. The molecule has 16 heavy (non-hydrogen) atoms. The fourth-order valence-electron chi connectivity index (χ4n) is 1.77. The number of rotatable bonds is 2. The van der Waals surface area contributed by atoms with Crippen molar-refractivity contribution < 1.29 is 19.2 Å². The van der Waals surface area contributed by atoms with Gasteiger partial charge in [-0.2, -0.15) is 0 Å². The molecule has 0 aromatic carbocycles. The molecule has 0 saturated heterocycles. The van der Waals surface area contributed by atoms with Crippen LogP contribution >= 0.6 is 0 Å². The summed E-state index contributed by atoms with van der Waals surface area (Å²) in [4.78, 5) is 10.8. The van der Waals surface area contributed by atoms with Crippen molar-refractivity contribution in [3.63, 3.8) is 0 Å². The third kappa shape index (κ3) is 1.86. The highest BCUT2D eigenvalue weighted by molar-refractivity contribution is 5.87. The summed E-state index contributed by atoms with van der Waals surface area (Å²) in [6.07, 6.45) is 4.41. The Kier molecular flexibility index (Phi) is 2.78. The second-order valence-electron chi connectivity index (χ2n) is 3.82. The van der Waals surface area contributed by atoms with Gasteiger partial charge < -0.3 is 14.4 Å². The molecule has 0 unspecified atom stereocenters. The van der Waals surface area contributed by atoms with Gasteiger partial charge in [-0.05, 0) is 20.3 Å². The van der Waals surface area contributed by atoms with Gasteiger partial charge in [0, 0.05) is 5.56 Å². The summed E-state index contributed by atoms with van der Waals surface area (Å²) in [6.45, 7) is 3.61. The Hall–Kier alpha value is -1.62. The third-order valence-electron chi connectivity index (χ3n) is 2.59. The second kappa shape index (κ2) is 4.09. The van der Waals surface area contributed by atoms with Crippen LogP contribution in [0.25, 0.3) is 0 Å². The van der Waals surface area contributed by atoms with Crippen LogP contribution in [0, 0.1) is 6.92 Å². The highest BCUT2D eigenvalue weighted by Crippen LogP contribution is 2.30. The van der Waals surface area contributed by atoms with Gasteiger partial charge in [0.1, 0.15) is 6.10 Å². The van der Waals surface area contributed by atoms with Crippen molar-refractivity contribution >= 4 is 5.97 Å². The van der Waals surface area contributed by atoms with Crippen molar-refractivity contribution in [2.24, 2.45) is 0 Å². The van der Waals surface area contributed by atoms with E-state index in [1.807, 2.05) is 19.1 Å². The SMILES string of the molecule is Cc1c(C(=O)O)noc1[C@H]1CC=C[C@H](C)O1. The molecule has 1 N–H and O–H groups in total. The van der Waals surface area contributed by atoms with Gasteiger partial charge in [-0.15, -0.1) is 0 Å². The number of hydrogen-bond donors (Lipinski definition) is 1. The van der Waals surface area contributed by atoms with E-state index in [0.29, 0.717) is 17.7 Å². The first-order valence-corrected chi connectivity index (χ1v) is 5.11. The second-order valence-corrected chi connectivity index (χ2v) is 3.82. The Balaban J connectivity index is 2.28. The minimum absolute atomic E-state index is 0.0107. The molecular weight excluding hydrogens is 210 g/mol. The van der Waals surface area contributed by atoms with Gasteiger partial charge in [0.05, 0.1) is 6.10 Å². The molecule has 1 aromatic rings.